The average molecular weight is 389 g/mol. The van der Waals surface area contributed by atoms with Crippen LogP contribution in [0.2, 0.25) is 0 Å². The van der Waals surface area contributed by atoms with Gasteiger partial charge in [-0.15, -0.1) is 0 Å². The molecule has 0 aliphatic heterocycles. The lowest BCUT2D eigenvalue weighted by Gasteiger charge is -2.19. The van der Waals surface area contributed by atoms with Crippen LogP contribution in [-0.2, 0) is 21.4 Å². The molecule has 0 radical (unpaired) electrons. The lowest BCUT2D eigenvalue weighted by atomic mass is 10.1. The van der Waals surface area contributed by atoms with Crippen molar-refractivity contribution in [3.8, 4) is 0 Å². The minimum atomic E-state index is -3.65. The molecule has 5 nitrogen and oxygen atoms in total. The summed E-state index contributed by atoms with van der Waals surface area (Å²) in [5.41, 5.74) is 4.66. The molecule has 1 amide bonds. The molecule has 0 aliphatic rings. The Kier molecular flexibility index (Phi) is 6.78. The van der Waals surface area contributed by atoms with Gasteiger partial charge in [-0.2, -0.15) is 0 Å². The van der Waals surface area contributed by atoms with Gasteiger partial charge in [-0.05, 0) is 49.9 Å². The van der Waals surface area contributed by atoms with Gasteiger partial charge in [-0.1, -0.05) is 42.0 Å². The number of rotatable bonds is 7. The van der Waals surface area contributed by atoms with Gasteiger partial charge in [0.25, 0.3) is 0 Å². The molecule has 1 N–H and O–H groups in total. The molecule has 146 valence electrons. The summed E-state index contributed by atoms with van der Waals surface area (Å²) < 4.78 is 27.8. The minimum Gasteiger partial charge on any atom is -0.341 e. The van der Waals surface area contributed by atoms with E-state index in [0.717, 1.165) is 16.7 Å². The van der Waals surface area contributed by atoms with Crippen molar-refractivity contribution in [1.29, 1.82) is 0 Å². The molecule has 6 heteroatoms. The van der Waals surface area contributed by atoms with Crippen LogP contribution in [0.25, 0.3) is 0 Å². The second-order valence-corrected chi connectivity index (χ2v) is 8.76. The summed E-state index contributed by atoms with van der Waals surface area (Å²) in [6, 6.07) is 11.6. The quantitative estimate of drug-likeness (QED) is 0.792. The van der Waals surface area contributed by atoms with Gasteiger partial charge in [0.1, 0.15) is 0 Å². The van der Waals surface area contributed by atoms with E-state index in [4.69, 9.17) is 0 Å². The first-order chi connectivity index (χ1) is 12.6. The smallest absolute Gasteiger partial charge is 0.241 e. The first-order valence-corrected chi connectivity index (χ1v) is 10.5. The van der Waals surface area contributed by atoms with Crippen LogP contribution >= 0.6 is 0 Å². The Labute approximate surface area is 162 Å². The van der Waals surface area contributed by atoms with E-state index >= 15 is 0 Å². The number of carbonyl (C=O) groups is 1. The largest absolute Gasteiger partial charge is 0.341 e. The fraction of sp³-hybridized carbons (Fsp3) is 0.381. The summed E-state index contributed by atoms with van der Waals surface area (Å²) >= 11 is 0. The predicted molar refractivity (Wildman–Crippen MR) is 108 cm³/mol. The molecule has 0 saturated heterocycles. The maximum atomic E-state index is 12.6. The molecular formula is C21H28N2O3S. The van der Waals surface area contributed by atoms with Crippen LogP contribution < -0.4 is 4.72 Å². The summed E-state index contributed by atoms with van der Waals surface area (Å²) in [5, 5.41) is 0. The van der Waals surface area contributed by atoms with E-state index in [1.165, 1.54) is 0 Å². The number of carbonyl (C=O) groups excluding carboxylic acids is 1. The Bertz CT molecular complexity index is 913. The van der Waals surface area contributed by atoms with Crippen molar-refractivity contribution in [3.05, 3.63) is 64.2 Å². The highest BCUT2D eigenvalue weighted by atomic mass is 32.2. The normalized spacial score (nSPS) is 11.4. The monoisotopic (exact) mass is 388 g/mol. The van der Waals surface area contributed by atoms with E-state index < -0.39 is 10.0 Å². The molecule has 0 atom stereocenters. The topological polar surface area (TPSA) is 66.5 Å². The number of hydrogen-bond donors (Lipinski definition) is 1. The number of nitrogens with one attached hydrogen (secondary N) is 1. The molecule has 0 heterocycles. The Morgan fingerprint density at radius 3 is 2.19 bits per heavy atom. The summed E-state index contributed by atoms with van der Waals surface area (Å²) in [6.45, 7) is 8.10. The van der Waals surface area contributed by atoms with Crippen molar-refractivity contribution in [3.63, 3.8) is 0 Å². The zero-order valence-corrected chi connectivity index (χ0v) is 17.5. The van der Waals surface area contributed by atoms with Crippen molar-refractivity contribution in [2.24, 2.45) is 0 Å². The summed E-state index contributed by atoms with van der Waals surface area (Å²) in [6.07, 6.45) is 0.117. The van der Waals surface area contributed by atoms with Crippen LogP contribution in [0.1, 0.15) is 34.2 Å². The number of nitrogens with zero attached hydrogens (tertiary/aromatic N) is 1. The van der Waals surface area contributed by atoms with Crippen molar-refractivity contribution < 1.29 is 13.2 Å². The highest BCUT2D eigenvalue weighted by Crippen LogP contribution is 2.21. The van der Waals surface area contributed by atoms with Gasteiger partial charge in [0, 0.05) is 26.6 Å². The molecule has 0 fully saturated rings. The Morgan fingerprint density at radius 2 is 1.59 bits per heavy atom. The van der Waals surface area contributed by atoms with E-state index in [0.29, 0.717) is 22.6 Å². The predicted octanol–water partition coefficient (Wildman–Crippen LogP) is 3.25. The zero-order chi connectivity index (χ0) is 20.2. The SMILES string of the molecule is Cc1cc(C)c(S(=O)(=O)NCCC(=O)N(C)Cc2ccccc2C)c(C)c1. The number of aryl methyl sites for hydroxylation is 4. The molecule has 27 heavy (non-hydrogen) atoms. The molecule has 0 saturated carbocycles. The standard InChI is InChI=1S/C21H28N2O3S/c1-15-12-17(3)21(18(4)13-15)27(25,26)22-11-10-20(24)23(5)14-19-9-7-6-8-16(19)2/h6-9,12-13,22H,10-11,14H2,1-5H3. The minimum absolute atomic E-state index is 0.0754. The molecule has 0 aromatic heterocycles. The van der Waals surface area contributed by atoms with Crippen LogP contribution in [0.4, 0.5) is 0 Å². The fourth-order valence-corrected chi connectivity index (χ4v) is 4.76. The number of amides is 1. The Hall–Kier alpha value is -2.18. The van der Waals surface area contributed by atoms with E-state index in [1.54, 1.807) is 25.8 Å². The third-order valence-corrected chi connectivity index (χ3v) is 6.36. The number of hydrogen-bond acceptors (Lipinski definition) is 3. The van der Waals surface area contributed by atoms with Crippen LogP contribution in [0.3, 0.4) is 0 Å². The molecule has 0 bridgehead atoms. The average Bonchev–Trinajstić information content (AvgIpc) is 2.55. The van der Waals surface area contributed by atoms with Gasteiger partial charge in [0.2, 0.25) is 15.9 Å². The molecule has 2 aromatic rings. The fourth-order valence-electron chi connectivity index (χ4n) is 3.28. The highest BCUT2D eigenvalue weighted by molar-refractivity contribution is 7.89. The highest BCUT2D eigenvalue weighted by Gasteiger charge is 2.20. The van der Waals surface area contributed by atoms with E-state index in [-0.39, 0.29) is 18.9 Å². The van der Waals surface area contributed by atoms with E-state index in [1.807, 2.05) is 50.2 Å². The first kappa shape index (κ1) is 21.1. The zero-order valence-electron chi connectivity index (χ0n) is 16.7. The molecule has 2 rings (SSSR count). The summed E-state index contributed by atoms with van der Waals surface area (Å²) in [5.74, 6) is -0.0988. The number of sulfonamides is 1. The third-order valence-electron chi connectivity index (χ3n) is 4.60. The molecule has 0 aliphatic carbocycles. The van der Waals surface area contributed by atoms with Gasteiger partial charge >= 0.3 is 0 Å². The van der Waals surface area contributed by atoms with Crippen LogP contribution in [0.5, 0.6) is 0 Å². The van der Waals surface area contributed by atoms with Gasteiger partial charge < -0.3 is 4.90 Å². The van der Waals surface area contributed by atoms with Gasteiger partial charge in [-0.25, -0.2) is 13.1 Å². The van der Waals surface area contributed by atoms with Crippen molar-refractivity contribution >= 4 is 15.9 Å². The van der Waals surface area contributed by atoms with Crippen molar-refractivity contribution in [2.45, 2.75) is 45.6 Å². The molecule has 0 unspecified atom stereocenters. The summed E-state index contributed by atoms with van der Waals surface area (Å²) in [4.78, 5) is 14.3. The lowest BCUT2D eigenvalue weighted by Crippen LogP contribution is -2.32. The summed E-state index contributed by atoms with van der Waals surface area (Å²) in [7, 11) is -1.91. The maximum Gasteiger partial charge on any atom is 0.241 e. The van der Waals surface area contributed by atoms with E-state index in [9.17, 15) is 13.2 Å². The second kappa shape index (κ2) is 8.67. The van der Waals surface area contributed by atoms with E-state index in [2.05, 4.69) is 4.72 Å². The lowest BCUT2D eigenvalue weighted by molar-refractivity contribution is -0.130. The molecular weight excluding hydrogens is 360 g/mol. The van der Waals surface area contributed by atoms with Crippen LogP contribution in [-0.4, -0.2) is 32.8 Å². The molecule has 0 spiro atoms. The van der Waals surface area contributed by atoms with Crippen LogP contribution in [0, 0.1) is 27.7 Å². The molecule has 2 aromatic carbocycles. The van der Waals surface area contributed by atoms with Crippen molar-refractivity contribution in [1.82, 2.24) is 9.62 Å². The van der Waals surface area contributed by atoms with Gasteiger partial charge in [0.05, 0.1) is 4.90 Å². The van der Waals surface area contributed by atoms with Crippen molar-refractivity contribution in [2.75, 3.05) is 13.6 Å². The van der Waals surface area contributed by atoms with Gasteiger partial charge in [0.15, 0.2) is 0 Å². The Morgan fingerprint density at radius 1 is 1.00 bits per heavy atom. The maximum absolute atomic E-state index is 12.6. The van der Waals surface area contributed by atoms with Gasteiger partial charge in [-0.3, -0.25) is 4.79 Å². The third kappa shape index (κ3) is 5.40. The first-order valence-electron chi connectivity index (χ1n) is 8.98. The number of benzene rings is 2. The van der Waals surface area contributed by atoms with Crippen LogP contribution in [0.15, 0.2) is 41.3 Å². The Balaban J connectivity index is 1.97. The second-order valence-electron chi connectivity index (χ2n) is 7.05.